The Balaban J connectivity index is 2.17. The van der Waals surface area contributed by atoms with Gasteiger partial charge in [0.15, 0.2) is 5.65 Å². The van der Waals surface area contributed by atoms with Gasteiger partial charge in [-0.2, -0.15) is 5.10 Å². The monoisotopic (exact) mass is 310 g/mol. The van der Waals surface area contributed by atoms with Gasteiger partial charge in [0.05, 0.1) is 18.1 Å². The van der Waals surface area contributed by atoms with Crippen molar-refractivity contribution in [1.29, 1.82) is 0 Å². The zero-order chi connectivity index (χ0) is 15.4. The molecule has 0 fully saturated rings. The van der Waals surface area contributed by atoms with E-state index in [1.165, 1.54) is 0 Å². The first-order valence-electron chi connectivity index (χ1n) is 7.22. The second kappa shape index (κ2) is 7.15. The van der Waals surface area contributed by atoms with Crippen molar-refractivity contribution >= 4 is 22.6 Å². The summed E-state index contributed by atoms with van der Waals surface area (Å²) in [7, 11) is 6.03. The van der Waals surface area contributed by atoms with E-state index in [0.29, 0.717) is 11.7 Å². The predicted octanol–water partition coefficient (Wildman–Crippen LogP) is 1.79. The maximum atomic E-state index is 6.23. The summed E-state index contributed by atoms with van der Waals surface area (Å²) < 4.78 is 1.73. The van der Waals surface area contributed by atoms with Crippen LogP contribution in [0.2, 0.25) is 5.15 Å². The van der Waals surface area contributed by atoms with E-state index in [-0.39, 0.29) is 0 Å². The van der Waals surface area contributed by atoms with Crippen LogP contribution in [-0.4, -0.2) is 63.3 Å². The molecular formula is C14H23ClN6. The molecule has 0 saturated heterocycles. The third kappa shape index (κ3) is 4.12. The number of rotatable bonds is 7. The molecule has 0 aromatic carbocycles. The standard InChI is InChI=1S/C14H23ClN6/c1-5-6-21(8-7-19(2)3)10-12-17-13(15)11-9-16-20(4)14(11)18-12/h9H,5-8,10H2,1-4H3. The van der Waals surface area contributed by atoms with Gasteiger partial charge in [-0.15, -0.1) is 0 Å². The van der Waals surface area contributed by atoms with Gasteiger partial charge in [-0.25, -0.2) is 9.97 Å². The Hall–Kier alpha value is -1.24. The normalized spacial score (nSPS) is 12.0. The molecule has 0 aliphatic rings. The number of nitrogens with zero attached hydrogens (tertiary/aromatic N) is 6. The van der Waals surface area contributed by atoms with E-state index in [1.807, 2.05) is 7.05 Å². The van der Waals surface area contributed by atoms with Crippen molar-refractivity contribution in [2.75, 3.05) is 33.7 Å². The quantitative estimate of drug-likeness (QED) is 0.730. The van der Waals surface area contributed by atoms with Crippen molar-refractivity contribution in [3.8, 4) is 0 Å². The summed E-state index contributed by atoms with van der Waals surface area (Å²) in [5, 5.41) is 5.46. The van der Waals surface area contributed by atoms with E-state index in [9.17, 15) is 0 Å². The molecule has 116 valence electrons. The summed E-state index contributed by atoms with van der Waals surface area (Å²) in [5.41, 5.74) is 0.786. The smallest absolute Gasteiger partial charge is 0.162 e. The van der Waals surface area contributed by atoms with Gasteiger partial charge in [0.1, 0.15) is 11.0 Å². The second-order valence-corrected chi connectivity index (χ2v) is 5.87. The molecule has 2 heterocycles. The van der Waals surface area contributed by atoms with Crippen LogP contribution in [0.1, 0.15) is 19.2 Å². The van der Waals surface area contributed by atoms with Crippen LogP contribution < -0.4 is 0 Å². The molecular weight excluding hydrogens is 288 g/mol. The van der Waals surface area contributed by atoms with Crippen molar-refractivity contribution in [2.24, 2.45) is 7.05 Å². The molecule has 0 N–H and O–H groups in total. The van der Waals surface area contributed by atoms with Crippen LogP contribution in [0.15, 0.2) is 6.20 Å². The molecule has 0 radical (unpaired) electrons. The highest BCUT2D eigenvalue weighted by Gasteiger charge is 2.13. The Morgan fingerprint density at radius 3 is 2.62 bits per heavy atom. The summed E-state index contributed by atoms with van der Waals surface area (Å²) in [5.74, 6) is 0.753. The van der Waals surface area contributed by atoms with Gasteiger partial charge in [0, 0.05) is 20.1 Å². The molecule has 0 saturated carbocycles. The van der Waals surface area contributed by atoms with Crippen LogP contribution in [0, 0.1) is 0 Å². The zero-order valence-electron chi connectivity index (χ0n) is 13.2. The Labute approximate surface area is 130 Å². The van der Waals surface area contributed by atoms with E-state index < -0.39 is 0 Å². The van der Waals surface area contributed by atoms with E-state index in [1.54, 1.807) is 10.9 Å². The molecule has 0 atom stereocenters. The zero-order valence-corrected chi connectivity index (χ0v) is 13.9. The lowest BCUT2D eigenvalue weighted by atomic mass is 10.3. The molecule has 0 bridgehead atoms. The highest BCUT2D eigenvalue weighted by Crippen LogP contribution is 2.19. The Kier molecular flexibility index (Phi) is 5.50. The summed E-state index contributed by atoms with van der Waals surface area (Å²) in [6.07, 6.45) is 2.81. The summed E-state index contributed by atoms with van der Waals surface area (Å²) in [6.45, 7) is 5.93. The number of aryl methyl sites for hydroxylation is 1. The molecule has 7 heteroatoms. The van der Waals surface area contributed by atoms with Gasteiger partial charge in [-0.3, -0.25) is 9.58 Å². The largest absolute Gasteiger partial charge is 0.308 e. The first-order chi connectivity index (χ1) is 10.0. The van der Waals surface area contributed by atoms with Crippen LogP contribution in [0.3, 0.4) is 0 Å². The van der Waals surface area contributed by atoms with Crippen molar-refractivity contribution in [2.45, 2.75) is 19.9 Å². The molecule has 0 aliphatic heterocycles. The lowest BCUT2D eigenvalue weighted by Crippen LogP contribution is -2.32. The minimum Gasteiger partial charge on any atom is -0.308 e. The average molecular weight is 311 g/mol. The summed E-state index contributed by atoms with van der Waals surface area (Å²) >= 11 is 6.23. The van der Waals surface area contributed by atoms with Crippen molar-refractivity contribution in [3.05, 3.63) is 17.2 Å². The van der Waals surface area contributed by atoms with Crippen molar-refractivity contribution in [3.63, 3.8) is 0 Å². The highest BCUT2D eigenvalue weighted by molar-refractivity contribution is 6.33. The van der Waals surface area contributed by atoms with Crippen LogP contribution >= 0.6 is 11.6 Å². The van der Waals surface area contributed by atoms with Gasteiger partial charge < -0.3 is 4.90 Å². The first kappa shape index (κ1) is 16.1. The number of aromatic nitrogens is 4. The first-order valence-corrected chi connectivity index (χ1v) is 7.60. The summed E-state index contributed by atoms with van der Waals surface area (Å²) in [6, 6.07) is 0. The third-order valence-electron chi connectivity index (χ3n) is 3.36. The lowest BCUT2D eigenvalue weighted by molar-refractivity contribution is 0.229. The topological polar surface area (TPSA) is 50.1 Å². The predicted molar refractivity (Wildman–Crippen MR) is 85.4 cm³/mol. The average Bonchev–Trinajstić information content (AvgIpc) is 2.79. The number of fused-ring (bicyclic) bond motifs is 1. The van der Waals surface area contributed by atoms with E-state index in [4.69, 9.17) is 11.6 Å². The molecule has 2 aromatic heterocycles. The van der Waals surface area contributed by atoms with E-state index in [0.717, 1.165) is 42.9 Å². The van der Waals surface area contributed by atoms with Crippen molar-refractivity contribution in [1.82, 2.24) is 29.5 Å². The molecule has 6 nitrogen and oxygen atoms in total. The number of hydrogen-bond acceptors (Lipinski definition) is 5. The Morgan fingerprint density at radius 1 is 1.19 bits per heavy atom. The van der Waals surface area contributed by atoms with Gasteiger partial charge in [-0.1, -0.05) is 18.5 Å². The maximum absolute atomic E-state index is 6.23. The molecule has 0 aliphatic carbocycles. The molecule has 2 aromatic rings. The fourth-order valence-electron chi connectivity index (χ4n) is 2.23. The van der Waals surface area contributed by atoms with Crippen LogP contribution in [0.4, 0.5) is 0 Å². The fourth-order valence-corrected chi connectivity index (χ4v) is 2.46. The number of halogens is 1. The molecule has 2 rings (SSSR count). The SMILES string of the molecule is CCCN(CCN(C)C)Cc1nc(Cl)c2cnn(C)c2n1. The van der Waals surface area contributed by atoms with Crippen molar-refractivity contribution < 1.29 is 0 Å². The highest BCUT2D eigenvalue weighted by atomic mass is 35.5. The van der Waals surface area contributed by atoms with Crippen LogP contribution in [0.25, 0.3) is 11.0 Å². The molecule has 21 heavy (non-hydrogen) atoms. The Morgan fingerprint density at radius 2 is 1.95 bits per heavy atom. The van der Waals surface area contributed by atoms with E-state index >= 15 is 0 Å². The van der Waals surface area contributed by atoms with Gasteiger partial charge in [-0.05, 0) is 27.1 Å². The number of likely N-dealkylation sites (N-methyl/N-ethyl adjacent to an activating group) is 1. The second-order valence-electron chi connectivity index (χ2n) is 5.52. The number of hydrogen-bond donors (Lipinski definition) is 0. The maximum Gasteiger partial charge on any atom is 0.162 e. The van der Waals surface area contributed by atoms with Crippen LogP contribution in [0.5, 0.6) is 0 Å². The molecule has 0 amide bonds. The lowest BCUT2D eigenvalue weighted by Gasteiger charge is -2.22. The fraction of sp³-hybridized carbons (Fsp3) is 0.643. The van der Waals surface area contributed by atoms with Gasteiger partial charge in [0.2, 0.25) is 0 Å². The van der Waals surface area contributed by atoms with Crippen LogP contribution in [-0.2, 0) is 13.6 Å². The van der Waals surface area contributed by atoms with Gasteiger partial charge >= 0.3 is 0 Å². The van der Waals surface area contributed by atoms with Gasteiger partial charge in [0.25, 0.3) is 0 Å². The summed E-state index contributed by atoms with van der Waals surface area (Å²) in [4.78, 5) is 13.5. The minimum absolute atomic E-state index is 0.479. The third-order valence-corrected chi connectivity index (χ3v) is 3.65. The molecule has 0 unspecified atom stereocenters. The minimum atomic E-state index is 0.479. The Bertz CT molecular complexity index is 594. The van der Waals surface area contributed by atoms with E-state index in [2.05, 4.69) is 45.9 Å². The molecule has 0 spiro atoms.